The van der Waals surface area contributed by atoms with E-state index in [2.05, 4.69) is 10.6 Å². The van der Waals surface area contributed by atoms with Gasteiger partial charge < -0.3 is 20.1 Å². The smallest absolute Gasteiger partial charge is 0.255 e. The molecule has 1 aliphatic heterocycles. The van der Waals surface area contributed by atoms with E-state index in [4.69, 9.17) is 21.1 Å². The summed E-state index contributed by atoms with van der Waals surface area (Å²) in [5, 5.41) is 6.29. The van der Waals surface area contributed by atoms with Gasteiger partial charge in [0.25, 0.3) is 5.91 Å². The van der Waals surface area contributed by atoms with Gasteiger partial charge in [-0.15, -0.1) is 0 Å². The van der Waals surface area contributed by atoms with Crippen molar-refractivity contribution in [1.29, 1.82) is 0 Å². The first kappa shape index (κ1) is 20.8. The maximum atomic E-state index is 12.7. The predicted molar refractivity (Wildman–Crippen MR) is 120 cm³/mol. The molecule has 1 aliphatic rings. The molecule has 158 valence electrons. The standard InChI is InChI=1S/C24H21ClN2O4/c1-15(17-4-11-21-22(14-17)31-13-12-30-21)23(28)26-19-7-9-20(10-8-19)27-24(29)16-2-5-18(25)6-3-16/h2-11,14-15H,12-13H2,1H3,(H,26,28)(H,27,29). The number of rotatable bonds is 5. The maximum absolute atomic E-state index is 12.7. The van der Waals surface area contributed by atoms with Crippen molar-refractivity contribution in [1.82, 2.24) is 0 Å². The number of amides is 2. The minimum absolute atomic E-state index is 0.144. The average Bonchev–Trinajstić information content (AvgIpc) is 2.80. The van der Waals surface area contributed by atoms with Crippen molar-refractivity contribution in [2.24, 2.45) is 0 Å². The monoisotopic (exact) mass is 436 g/mol. The van der Waals surface area contributed by atoms with Crippen molar-refractivity contribution in [3.05, 3.63) is 82.9 Å². The Balaban J connectivity index is 1.37. The molecule has 1 atom stereocenters. The maximum Gasteiger partial charge on any atom is 0.255 e. The Kier molecular flexibility index (Phi) is 6.09. The Morgan fingerprint density at radius 1 is 0.839 bits per heavy atom. The van der Waals surface area contributed by atoms with Gasteiger partial charge in [-0.2, -0.15) is 0 Å². The Morgan fingerprint density at radius 2 is 1.45 bits per heavy atom. The Morgan fingerprint density at radius 3 is 2.13 bits per heavy atom. The lowest BCUT2D eigenvalue weighted by molar-refractivity contribution is -0.117. The fraction of sp³-hybridized carbons (Fsp3) is 0.167. The van der Waals surface area contributed by atoms with Crippen molar-refractivity contribution in [3.8, 4) is 11.5 Å². The van der Waals surface area contributed by atoms with E-state index < -0.39 is 0 Å². The Bertz CT molecular complexity index is 1100. The van der Waals surface area contributed by atoms with Gasteiger partial charge >= 0.3 is 0 Å². The Labute approximate surface area is 185 Å². The van der Waals surface area contributed by atoms with Crippen LogP contribution in [0.3, 0.4) is 0 Å². The van der Waals surface area contributed by atoms with E-state index in [1.165, 1.54) is 0 Å². The average molecular weight is 437 g/mol. The van der Waals surface area contributed by atoms with Crippen LogP contribution in [0.4, 0.5) is 11.4 Å². The van der Waals surface area contributed by atoms with Crippen LogP contribution in [-0.4, -0.2) is 25.0 Å². The van der Waals surface area contributed by atoms with Crippen molar-refractivity contribution in [3.63, 3.8) is 0 Å². The van der Waals surface area contributed by atoms with Gasteiger partial charge in [-0.05, 0) is 73.2 Å². The first-order chi connectivity index (χ1) is 15.0. The summed E-state index contributed by atoms with van der Waals surface area (Å²) in [6, 6.07) is 19.1. The van der Waals surface area contributed by atoms with Crippen LogP contribution in [0.2, 0.25) is 5.02 Å². The van der Waals surface area contributed by atoms with Gasteiger partial charge in [-0.1, -0.05) is 17.7 Å². The van der Waals surface area contributed by atoms with Gasteiger partial charge in [0.1, 0.15) is 13.2 Å². The highest BCUT2D eigenvalue weighted by Crippen LogP contribution is 2.33. The van der Waals surface area contributed by atoms with E-state index in [1.54, 1.807) is 48.5 Å². The molecule has 7 heteroatoms. The molecule has 0 spiro atoms. The van der Waals surface area contributed by atoms with E-state index in [9.17, 15) is 9.59 Å². The second-order valence-electron chi connectivity index (χ2n) is 7.15. The lowest BCUT2D eigenvalue weighted by atomic mass is 9.99. The zero-order valence-corrected chi connectivity index (χ0v) is 17.6. The molecule has 0 aliphatic carbocycles. The molecule has 3 aromatic carbocycles. The largest absolute Gasteiger partial charge is 0.486 e. The first-order valence-electron chi connectivity index (χ1n) is 9.87. The van der Waals surface area contributed by atoms with Crippen LogP contribution >= 0.6 is 11.6 Å². The molecule has 0 saturated heterocycles. The van der Waals surface area contributed by atoms with E-state index in [1.807, 2.05) is 25.1 Å². The molecular formula is C24H21ClN2O4. The highest BCUT2D eigenvalue weighted by atomic mass is 35.5. The molecular weight excluding hydrogens is 416 g/mol. The van der Waals surface area contributed by atoms with Gasteiger partial charge in [0.05, 0.1) is 5.92 Å². The summed E-state index contributed by atoms with van der Waals surface area (Å²) in [5.74, 6) is 0.596. The van der Waals surface area contributed by atoms with Crippen molar-refractivity contribution >= 4 is 34.8 Å². The predicted octanol–water partition coefficient (Wildman–Crippen LogP) is 5.11. The van der Waals surface area contributed by atoms with Gasteiger partial charge in [-0.25, -0.2) is 0 Å². The second-order valence-corrected chi connectivity index (χ2v) is 7.59. The third kappa shape index (κ3) is 4.98. The molecule has 1 heterocycles. The molecule has 31 heavy (non-hydrogen) atoms. The van der Waals surface area contributed by atoms with E-state index in [0.29, 0.717) is 46.7 Å². The molecule has 2 N–H and O–H groups in total. The van der Waals surface area contributed by atoms with Crippen molar-refractivity contribution < 1.29 is 19.1 Å². The summed E-state index contributed by atoms with van der Waals surface area (Å²) < 4.78 is 11.1. The number of fused-ring (bicyclic) bond motifs is 1. The molecule has 3 aromatic rings. The number of ether oxygens (including phenoxy) is 2. The van der Waals surface area contributed by atoms with Crippen LogP contribution in [-0.2, 0) is 4.79 Å². The molecule has 0 fully saturated rings. The normalized spacial score (nSPS) is 13.2. The van der Waals surface area contributed by atoms with Gasteiger partial charge in [0.15, 0.2) is 11.5 Å². The number of nitrogens with one attached hydrogen (secondary N) is 2. The van der Waals surface area contributed by atoms with Crippen LogP contribution in [0, 0.1) is 0 Å². The third-order valence-electron chi connectivity index (χ3n) is 4.98. The molecule has 0 aromatic heterocycles. The number of benzene rings is 3. The molecule has 6 nitrogen and oxygen atoms in total. The lowest BCUT2D eigenvalue weighted by Crippen LogP contribution is -2.20. The number of halogens is 1. The van der Waals surface area contributed by atoms with Gasteiger partial charge in [0, 0.05) is 22.0 Å². The summed E-state index contributed by atoms with van der Waals surface area (Å²) in [6.07, 6.45) is 0. The highest BCUT2D eigenvalue weighted by molar-refractivity contribution is 6.30. The van der Waals surface area contributed by atoms with Crippen molar-refractivity contribution in [2.45, 2.75) is 12.8 Å². The topological polar surface area (TPSA) is 76.7 Å². The fourth-order valence-electron chi connectivity index (χ4n) is 3.17. The van der Waals surface area contributed by atoms with Gasteiger partial charge in [0.2, 0.25) is 5.91 Å². The molecule has 4 rings (SSSR count). The molecule has 1 unspecified atom stereocenters. The quantitative estimate of drug-likeness (QED) is 0.583. The summed E-state index contributed by atoms with van der Waals surface area (Å²) >= 11 is 5.85. The van der Waals surface area contributed by atoms with Crippen LogP contribution in [0.15, 0.2) is 66.7 Å². The number of anilines is 2. The minimum Gasteiger partial charge on any atom is -0.486 e. The number of hydrogen-bond acceptors (Lipinski definition) is 4. The van der Waals surface area contributed by atoms with Crippen LogP contribution in [0.25, 0.3) is 0 Å². The second kappa shape index (κ2) is 9.10. The van der Waals surface area contributed by atoms with E-state index in [-0.39, 0.29) is 17.7 Å². The molecule has 0 saturated carbocycles. The van der Waals surface area contributed by atoms with Crippen molar-refractivity contribution in [2.75, 3.05) is 23.8 Å². The van der Waals surface area contributed by atoms with Crippen LogP contribution in [0.1, 0.15) is 28.8 Å². The first-order valence-corrected chi connectivity index (χ1v) is 10.2. The molecule has 0 bridgehead atoms. The number of carbonyl (C=O) groups excluding carboxylic acids is 2. The van der Waals surface area contributed by atoms with Gasteiger partial charge in [-0.3, -0.25) is 9.59 Å². The highest BCUT2D eigenvalue weighted by Gasteiger charge is 2.19. The Hall–Kier alpha value is -3.51. The van der Waals surface area contributed by atoms with E-state index >= 15 is 0 Å². The molecule has 2 amide bonds. The summed E-state index contributed by atoms with van der Waals surface area (Å²) in [7, 11) is 0. The van der Waals surface area contributed by atoms with Crippen LogP contribution < -0.4 is 20.1 Å². The number of hydrogen-bond donors (Lipinski definition) is 2. The lowest BCUT2D eigenvalue weighted by Gasteiger charge is -2.20. The SMILES string of the molecule is CC(C(=O)Nc1ccc(NC(=O)c2ccc(Cl)cc2)cc1)c1ccc2c(c1)OCCO2. The zero-order valence-electron chi connectivity index (χ0n) is 16.9. The van der Waals surface area contributed by atoms with E-state index in [0.717, 1.165) is 5.56 Å². The summed E-state index contributed by atoms with van der Waals surface area (Å²) in [6.45, 7) is 2.86. The fourth-order valence-corrected chi connectivity index (χ4v) is 3.30. The number of carbonyl (C=O) groups is 2. The summed E-state index contributed by atoms with van der Waals surface area (Å²) in [5.41, 5.74) is 2.61. The third-order valence-corrected chi connectivity index (χ3v) is 5.23. The zero-order chi connectivity index (χ0) is 21.8. The summed E-state index contributed by atoms with van der Waals surface area (Å²) in [4.78, 5) is 25.0. The minimum atomic E-state index is -0.375. The van der Waals surface area contributed by atoms with Crippen LogP contribution in [0.5, 0.6) is 11.5 Å². The molecule has 0 radical (unpaired) electrons.